The largest absolute Gasteiger partial charge is 0.393 e. The molecule has 100 valence electrons. The number of piperidine rings is 1. The highest BCUT2D eigenvalue weighted by Crippen LogP contribution is 2.20. The number of likely N-dealkylation sites (tertiary alicyclic amines) is 1. The summed E-state index contributed by atoms with van der Waals surface area (Å²) in [4.78, 5) is 3.30. The summed E-state index contributed by atoms with van der Waals surface area (Å²) >= 11 is 5.13. The Kier molecular flexibility index (Phi) is 7.05. The average molecular weight is 256 g/mol. The van der Waals surface area contributed by atoms with E-state index in [4.69, 9.17) is 18.0 Å². The van der Waals surface area contributed by atoms with E-state index < -0.39 is 0 Å². The van der Waals surface area contributed by atoms with Gasteiger partial charge in [0, 0.05) is 19.0 Å². The summed E-state index contributed by atoms with van der Waals surface area (Å²) in [6.45, 7) is 8.17. The maximum atomic E-state index is 5.78. The van der Waals surface area contributed by atoms with Crippen LogP contribution in [-0.4, -0.2) is 29.5 Å². The fourth-order valence-electron chi connectivity index (χ4n) is 2.74. The van der Waals surface area contributed by atoms with Crippen LogP contribution in [0.1, 0.15) is 52.4 Å². The fourth-order valence-corrected chi connectivity index (χ4v) is 2.93. The van der Waals surface area contributed by atoms with Gasteiger partial charge < -0.3 is 10.6 Å². The van der Waals surface area contributed by atoms with Gasteiger partial charge in [0.2, 0.25) is 0 Å². The number of unbranched alkanes of at least 4 members (excludes halogenated alkanes) is 1. The van der Waals surface area contributed by atoms with Crippen molar-refractivity contribution in [2.45, 2.75) is 52.4 Å². The first-order chi connectivity index (χ1) is 8.17. The molecule has 0 aliphatic carbocycles. The summed E-state index contributed by atoms with van der Waals surface area (Å²) in [6.07, 6.45) is 7.80. The number of hydrogen-bond acceptors (Lipinski definition) is 2. The van der Waals surface area contributed by atoms with E-state index in [0.717, 1.165) is 17.5 Å². The molecular formula is C14H28N2S. The van der Waals surface area contributed by atoms with Gasteiger partial charge in [-0.15, -0.1) is 0 Å². The molecule has 2 unspecified atom stereocenters. The van der Waals surface area contributed by atoms with Gasteiger partial charge in [-0.2, -0.15) is 0 Å². The third-order valence-corrected chi connectivity index (χ3v) is 4.30. The quantitative estimate of drug-likeness (QED) is 0.709. The first-order valence-corrected chi connectivity index (χ1v) is 7.59. The van der Waals surface area contributed by atoms with E-state index in [1.807, 2.05) is 0 Å². The van der Waals surface area contributed by atoms with Crippen LogP contribution < -0.4 is 5.73 Å². The molecule has 1 aliphatic heterocycles. The highest BCUT2D eigenvalue weighted by Gasteiger charge is 2.23. The Balaban J connectivity index is 2.35. The van der Waals surface area contributed by atoms with Crippen molar-refractivity contribution in [2.24, 2.45) is 17.6 Å². The van der Waals surface area contributed by atoms with Gasteiger partial charge in [0.15, 0.2) is 0 Å². The molecular weight excluding hydrogens is 228 g/mol. The molecule has 0 radical (unpaired) electrons. The molecule has 1 rings (SSSR count). The summed E-state index contributed by atoms with van der Waals surface area (Å²) in [5.41, 5.74) is 5.78. The zero-order valence-electron chi connectivity index (χ0n) is 11.5. The van der Waals surface area contributed by atoms with Crippen molar-refractivity contribution in [1.29, 1.82) is 0 Å². The van der Waals surface area contributed by atoms with E-state index in [1.165, 1.54) is 51.6 Å². The maximum absolute atomic E-state index is 5.78. The lowest BCUT2D eigenvalue weighted by Crippen LogP contribution is -2.42. The van der Waals surface area contributed by atoms with E-state index in [-0.39, 0.29) is 0 Å². The van der Waals surface area contributed by atoms with Gasteiger partial charge in [-0.25, -0.2) is 0 Å². The van der Waals surface area contributed by atoms with Crippen LogP contribution in [0.25, 0.3) is 0 Å². The lowest BCUT2D eigenvalue weighted by Gasteiger charge is -2.34. The van der Waals surface area contributed by atoms with Crippen LogP contribution in [0.5, 0.6) is 0 Å². The van der Waals surface area contributed by atoms with Crippen LogP contribution in [0, 0.1) is 11.8 Å². The molecule has 1 heterocycles. The summed E-state index contributed by atoms with van der Waals surface area (Å²) in [6, 6.07) is 0. The van der Waals surface area contributed by atoms with Crippen LogP contribution in [0.2, 0.25) is 0 Å². The van der Waals surface area contributed by atoms with Crippen LogP contribution in [0.15, 0.2) is 0 Å². The SMILES string of the molecule is CCCCC(CC)CN1CCCC(C(N)=S)C1. The molecule has 1 fully saturated rings. The van der Waals surface area contributed by atoms with Crippen molar-refractivity contribution in [3.8, 4) is 0 Å². The highest BCUT2D eigenvalue weighted by molar-refractivity contribution is 7.80. The zero-order chi connectivity index (χ0) is 12.7. The van der Waals surface area contributed by atoms with Crippen molar-refractivity contribution in [3.05, 3.63) is 0 Å². The van der Waals surface area contributed by atoms with E-state index in [1.54, 1.807) is 0 Å². The van der Waals surface area contributed by atoms with Crippen molar-refractivity contribution >= 4 is 17.2 Å². The number of rotatable bonds is 7. The van der Waals surface area contributed by atoms with Gasteiger partial charge in [-0.1, -0.05) is 45.3 Å². The molecule has 0 spiro atoms. The predicted molar refractivity (Wildman–Crippen MR) is 79.3 cm³/mol. The number of nitrogens with two attached hydrogens (primary N) is 1. The van der Waals surface area contributed by atoms with Gasteiger partial charge in [-0.05, 0) is 31.7 Å². The molecule has 0 bridgehead atoms. The first-order valence-electron chi connectivity index (χ1n) is 7.19. The molecule has 1 aliphatic rings. The number of thiocarbonyl (C=S) groups is 1. The van der Waals surface area contributed by atoms with Crippen molar-refractivity contribution < 1.29 is 0 Å². The Hall–Kier alpha value is -0.150. The second-order valence-electron chi connectivity index (χ2n) is 5.42. The van der Waals surface area contributed by atoms with E-state index in [0.29, 0.717) is 5.92 Å². The van der Waals surface area contributed by atoms with Crippen LogP contribution >= 0.6 is 12.2 Å². The lowest BCUT2D eigenvalue weighted by atomic mass is 9.94. The van der Waals surface area contributed by atoms with Gasteiger partial charge in [0.1, 0.15) is 0 Å². The Labute approximate surface area is 112 Å². The topological polar surface area (TPSA) is 29.3 Å². The Morgan fingerprint density at radius 1 is 1.47 bits per heavy atom. The smallest absolute Gasteiger partial charge is 0.0771 e. The minimum absolute atomic E-state index is 0.461. The zero-order valence-corrected chi connectivity index (χ0v) is 12.3. The molecule has 0 saturated carbocycles. The van der Waals surface area contributed by atoms with Gasteiger partial charge in [0.05, 0.1) is 4.99 Å². The molecule has 2 N–H and O–H groups in total. The second kappa shape index (κ2) is 8.04. The molecule has 0 aromatic rings. The normalized spacial score (nSPS) is 23.5. The van der Waals surface area contributed by atoms with E-state index >= 15 is 0 Å². The number of nitrogens with zero attached hydrogens (tertiary/aromatic N) is 1. The van der Waals surface area contributed by atoms with Crippen LogP contribution in [0.4, 0.5) is 0 Å². The van der Waals surface area contributed by atoms with E-state index in [2.05, 4.69) is 18.7 Å². The van der Waals surface area contributed by atoms with Crippen molar-refractivity contribution in [1.82, 2.24) is 4.90 Å². The maximum Gasteiger partial charge on any atom is 0.0771 e. The third kappa shape index (κ3) is 5.35. The molecule has 0 amide bonds. The van der Waals surface area contributed by atoms with Gasteiger partial charge >= 0.3 is 0 Å². The molecule has 17 heavy (non-hydrogen) atoms. The average Bonchev–Trinajstić information content (AvgIpc) is 2.34. The van der Waals surface area contributed by atoms with Crippen LogP contribution in [0.3, 0.4) is 0 Å². The fraction of sp³-hybridized carbons (Fsp3) is 0.929. The summed E-state index contributed by atoms with van der Waals surface area (Å²) in [5.74, 6) is 1.32. The predicted octanol–water partition coefficient (Wildman–Crippen LogP) is 3.20. The highest BCUT2D eigenvalue weighted by atomic mass is 32.1. The lowest BCUT2D eigenvalue weighted by molar-refractivity contribution is 0.169. The molecule has 0 aromatic carbocycles. The monoisotopic (exact) mass is 256 g/mol. The molecule has 2 atom stereocenters. The molecule has 1 saturated heterocycles. The van der Waals surface area contributed by atoms with Crippen LogP contribution in [-0.2, 0) is 0 Å². The van der Waals surface area contributed by atoms with Gasteiger partial charge in [0.25, 0.3) is 0 Å². The molecule has 0 aromatic heterocycles. The van der Waals surface area contributed by atoms with E-state index in [9.17, 15) is 0 Å². The third-order valence-electron chi connectivity index (χ3n) is 3.97. The summed E-state index contributed by atoms with van der Waals surface area (Å²) in [5, 5.41) is 0. The Morgan fingerprint density at radius 2 is 2.24 bits per heavy atom. The number of hydrogen-bond donors (Lipinski definition) is 1. The van der Waals surface area contributed by atoms with Crippen molar-refractivity contribution in [3.63, 3.8) is 0 Å². The minimum atomic E-state index is 0.461. The molecule has 2 nitrogen and oxygen atoms in total. The Morgan fingerprint density at radius 3 is 2.82 bits per heavy atom. The van der Waals surface area contributed by atoms with Gasteiger partial charge in [-0.3, -0.25) is 0 Å². The molecule has 3 heteroatoms. The van der Waals surface area contributed by atoms with Crippen molar-refractivity contribution in [2.75, 3.05) is 19.6 Å². The second-order valence-corrected chi connectivity index (χ2v) is 5.89. The summed E-state index contributed by atoms with van der Waals surface area (Å²) in [7, 11) is 0. The minimum Gasteiger partial charge on any atom is -0.393 e. The first kappa shape index (κ1) is 14.9. The Bertz CT molecular complexity index is 230. The standard InChI is InChI=1S/C14H28N2S/c1-3-5-7-12(4-2)10-16-9-6-8-13(11-16)14(15)17/h12-13H,3-11H2,1-2H3,(H2,15,17). The summed E-state index contributed by atoms with van der Waals surface area (Å²) < 4.78 is 0.